The zero-order valence-electron chi connectivity index (χ0n) is 78.9. The van der Waals surface area contributed by atoms with E-state index in [0.717, 1.165) is 116 Å². The van der Waals surface area contributed by atoms with Crippen LogP contribution in [-0.4, -0.2) is 155 Å². The Bertz CT molecular complexity index is 4690. The van der Waals surface area contributed by atoms with Crippen molar-refractivity contribution < 1.29 is 104 Å². The van der Waals surface area contributed by atoms with Crippen molar-refractivity contribution >= 4 is 245 Å². The Kier molecular flexibility index (Phi) is 72.1. The molecule has 0 aliphatic carbocycles. The predicted molar refractivity (Wildman–Crippen MR) is 586 cm³/mol. The number of ether oxygens (including phenoxy) is 22. The first-order chi connectivity index (χ1) is 64.0. The Balaban J connectivity index is 0.000000741. The van der Waals surface area contributed by atoms with Crippen LogP contribution in [0.1, 0.15) is 54.2 Å². The fourth-order valence-corrected chi connectivity index (χ4v) is 20.3. The predicted octanol–water partition coefficient (Wildman–Crippen LogP) is 24.3. The standard InChI is InChI=1S/C12H18ClOP.2C10H14ClO4P.3C9H12ClO3P.C9H12ClOP.2C8H10ClOP.C7H8ClOP/c1-8-6-9(12(2,3)4)11(14-5)10(7-8)15-13;2*1-12-6-15-10-8(14-3)4-7(13-2)5-9(10)16-11;2*1-11-6-13-8-4-3-7(12-2)5-9(8)14-10;1-11-6-13-9-7(12-2)4-3-5-8(9)14-10;1-6-4-7(2)9(11-3)8(5-6)12-10;1-6-3-4-7(10-2)8(5-6)11-9;1-6-4-3-5-7(11-9)8(6)10-2;1-9-6-4-2-3-5-7(6)10-8/h6-7,15H,1-5H3;2*4-5,16H,6H2,1-3H3;3*3-5,14H,6H2,1-2H3;4-5,12H,1-3H3;2*3-5,11H,1-2H3;2-5,10H,1H3. The van der Waals surface area contributed by atoms with Gasteiger partial charge in [-0.1, -0.05) is 187 Å². The summed E-state index contributed by atoms with van der Waals surface area (Å²) in [6.07, 6.45) is 0. The monoisotopic (exact) mass is 2230 g/mol. The SMILES string of the molecule is COCOc1c(OC)cc(OC)cc1PCl.COCOc1c(OC)cc(OC)cc1PCl.COCOc1c(OC)cccc1PCl.COCOc1ccc(OC)cc1PCl.COCOc1ccc(OC)cc1PCl.COc1c(C)cc(C)cc1PCl.COc1c(C)cccc1PCl.COc1c(PCl)cc(C)cc1C(C)(C)C.COc1ccc(C)cc1PCl.COc1ccccc1PCl. The van der Waals surface area contributed by atoms with E-state index in [1.54, 1.807) is 133 Å². The second kappa shape index (κ2) is 75.7. The lowest BCUT2D eigenvalue weighted by Gasteiger charge is -2.24. The van der Waals surface area contributed by atoms with Gasteiger partial charge in [0.05, 0.1) is 85.3 Å². The third kappa shape index (κ3) is 46.8. The van der Waals surface area contributed by atoms with Gasteiger partial charge in [0.1, 0.15) is 63.2 Å². The van der Waals surface area contributed by atoms with Gasteiger partial charge >= 0.3 is 0 Å². The molecule has 0 heterocycles. The highest BCUT2D eigenvalue weighted by molar-refractivity contribution is 7.77. The second-order valence-corrected chi connectivity index (χ2v) is 40.0. The van der Waals surface area contributed by atoms with Crippen LogP contribution < -0.4 is 134 Å². The molecule has 133 heavy (non-hydrogen) atoms. The molecule has 10 rings (SSSR count). The quantitative estimate of drug-likeness (QED) is 0.0262. The van der Waals surface area contributed by atoms with E-state index >= 15 is 0 Å². The van der Waals surface area contributed by atoms with Crippen LogP contribution in [0.25, 0.3) is 0 Å². The second-order valence-electron chi connectivity index (χ2n) is 27.0. The van der Waals surface area contributed by atoms with Crippen LogP contribution in [-0.2, 0) is 29.1 Å². The minimum atomic E-state index is 0.0706. The van der Waals surface area contributed by atoms with E-state index < -0.39 is 0 Å². The molecule has 0 spiro atoms. The molecule has 10 aromatic carbocycles. The maximum Gasteiger partial charge on any atom is 0.188 e. The van der Waals surface area contributed by atoms with Crippen molar-refractivity contribution in [1.82, 2.24) is 0 Å². The molecule has 0 amide bonds. The van der Waals surface area contributed by atoms with Crippen molar-refractivity contribution in [2.75, 3.05) is 155 Å². The Hall–Kier alpha value is -4.20. The molecule has 0 fully saturated rings. The third-order valence-electron chi connectivity index (χ3n) is 16.9. The van der Waals surface area contributed by atoms with Gasteiger partial charge < -0.3 is 104 Å². The summed E-state index contributed by atoms with van der Waals surface area (Å²) in [5.41, 5.74) is 7.30. The summed E-state index contributed by atoms with van der Waals surface area (Å²) < 4.78 is 113. The molecule has 0 bridgehead atoms. The van der Waals surface area contributed by atoms with E-state index in [0.29, 0.717) is 46.0 Å². The Morgan fingerprint density at radius 2 is 0.511 bits per heavy atom. The van der Waals surface area contributed by atoms with Crippen molar-refractivity contribution in [3.63, 3.8) is 0 Å². The van der Waals surface area contributed by atoms with Crippen LogP contribution in [0.3, 0.4) is 0 Å². The maximum atomic E-state index is 5.95. The fourth-order valence-electron chi connectivity index (χ4n) is 10.8. The first-order valence-corrected chi connectivity index (χ1v) is 59.2. The molecule has 0 aliphatic heterocycles. The average Bonchev–Trinajstić information content (AvgIpc) is 0.797. The highest BCUT2D eigenvalue weighted by Gasteiger charge is 2.23. The number of aryl methyl sites for hydroxylation is 5. The van der Waals surface area contributed by atoms with E-state index in [-0.39, 0.29) is 119 Å². The molecule has 0 aromatic heterocycles. The molecule has 0 N–H and O–H groups in total. The van der Waals surface area contributed by atoms with Crippen molar-refractivity contribution in [1.29, 1.82) is 0 Å². The largest absolute Gasteiger partial charge is 0.497 e. The summed E-state index contributed by atoms with van der Waals surface area (Å²) in [7, 11) is 29.3. The van der Waals surface area contributed by atoms with E-state index in [2.05, 4.69) is 58.9 Å². The number of hydrogen-bond donors (Lipinski definition) is 0. The summed E-state index contributed by atoms with van der Waals surface area (Å²) in [5, 5.41) is 9.83. The number of benzene rings is 10. The van der Waals surface area contributed by atoms with Gasteiger partial charge in [-0.3, -0.25) is 0 Å². The number of para-hydroxylation sites is 3. The summed E-state index contributed by atoms with van der Waals surface area (Å²) in [5.74, 6) is 12.6. The molecule has 10 unspecified atom stereocenters. The summed E-state index contributed by atoms with van der Waals surface area (Å²) in [6, 6.07) is 51.9. The summed E-state index contributed by atoms with van der Waals surface area (Å²) in [6.45, 7) is 17.7. The zero-order valence-corrected chi connectivity index (χ0v) is 96.4. The van der Waals surface area contributed by atoms with E-state index in [4.69, 9.17) is 217 Å². The molecule has 738 valence electrons. The Morgan fingerprint density at radius 3 is 0.872 bits per heavy atom. The maximum absolute atomic E-state index is 5.95. The number of methoxy groups -OCH3 is 17. The topological polar surface area (TPSA) is 203 Å². The molecular formula is C91H122Cl10O22P10. The normalized spacial score (nSPS) is 11.0. The number of rotatable bonds is 37. The molecular weight excluding hydrogens is 2110 g/mol. The lowest BCUT2D eigenvalue weighted by atomic mass is 9.85. The number of hydrogen-bond acceptors (Lipinski definition) is 22. The van der Waals surface area contributed by atoms with Gasteiger partial charge in [0.25, 0.3) is 0 Å². The minimum absolute atomic E-state index is 0.0706. The van der Waals surface area contributed by atoms with Gasteiger partial charge in [-0.05, 0) is 165 Å². The smallest absolute Gasteiger partial charge is 0.188 e. The van der Waals surface area contributed by atoms with Crippen molar-refractivity contribution in [2.45, 2.75) is 60.8 Å². The summed E-state index contributed by atoms with van der Waals surface area (Å²) in [4.78, 5) is 0. The molecule has 0 saturated heterocycles. The van der Waals surface area contributed by atoms with E-state index in [9.17, 15) is 0 Å². The Labute approximate surface area is 852 Å². The molecule has 0 saturated carbocycles. The first kappa shape index (κ1) is 127. The number of halogens is 10. The van der Waals surface area contributed by atoms with Crippen LogP contribution in [0.15, 0.2) is 164 Å². The van der Waals surface area contributed by atoms with Gasteiger partial charge in [-0.25, -0.2) is 0 Å². The van der Waals surface area contributed by atoms with Gasteiger partial charge in [-0.2, -0.15) is 0 Å². The van der Waals surface area contributed by atoms with Gasteiger partial charge in [0, 0.05) is 186 Å². The van der Waals surface area contributed by atoms with Crippen LogP contribution in [0.4, 0.5) is 0 Å². The highest BCUT2D eigenvalue weighted by Crippen LogP contribution is 2.40. The van der Waals surface area contributed by atoms with E-state index in [1.807, 2.05) is 148 Å². The zero-order chi connectivity index (χ0) is 99.8. The Morgan fingerprint density at radius 1 is 0.211 bits per heavy atom. The van der Waals surface area contributed by atoms with Gasteiger partial charge in [0.2, 0.25) is 0 Å². The molecule has 0 radical (unpaired) electrons. The van der Waals surface area contributed by atoms with Gasteiger partial charge in [0.15, 0.2) is 68.5 Å². The fraction of sp³-hybridized carbons (Fsp3) is 0.341. The summed E-state index contributed by atoms with van der Waals surface area (Å²) >= 11 is 58.0. The van der Waals surface area contributed by atoms with Gasteiger partial charge in [-0.15, -0.1) is 0 Å². The average molecular weight is 2230 g/mol. The van der Waals surface area contributed by atoms with Crippen LogP contribution in [0.5, 0.6) is 97.7 Å². The third-order valence-corrected chi connectivity index (χ3v) is 28.9. The van der Waals surface area contributed by atoms with Crippen molar-refractivity contribution in [3.05, 3.63) is 197 Å². The first-order valence-electron chi connectivity index (χ1n) is 39.1. The molecule has 10 atom stereocenters. The molecule has 0 aliphatic rings. The highest BCUT2D eigenvalue weighted by atomic mass is 35.7. The van der Waals surface area contributed by atoms with Crippen molar-refractivity contribution in [2.24, 2.45) is 0 Å². The van der Waals surface area contributed by atoms with E-state index in [1.165, 1.54) is 22.3 Å². The van der Waals surface area contributed by atoms with Crippen LogP contribution >= 0.6 is 192 Å². The molecule has 42 heteroatoms. The lowest BCUT2D eigenvalue weighted by molar-refractivity contribution is 0.0498. The minimum Gasteiger partial charge on any atom is -0.497 e. The van der Waals surface area contributed by atoms with Crippen molar-refractivity contribution in [3.8, 4) is 97.7 Å². The molecule has 22 nitrogen and oxygen atoms in total. The van der Waals surface area contributed by atoms with Crippen LogP contribution in [0.2, 0.25) is 0 Å². The van der Waals surface area contributed by atoms with Crippen LogP contribution in [0, 0.1) is 34.6 Å². The lowest BCUT2D eigenvalue weighted by Crippen LogP contribution is -2.17. The molecule has 10 aromatic rings.